The molecule has 0 saturated heterocycles. The lowest BCUT2D eigenvalue weighted by molar-refractivity contribution is -0.167. The summed E-state index contributed by atoms with van der Waals surface area (Å²) in [6.07, 6.45) is 85.7. The van der Waals surface area contributed by atoms with E-state index in [-0.39, 0.29) is 31.1 Å². The van der Waals surface area contributed by atoms with Crippen LogP contribution in [0.3, 0.4) is 0 Å². The number of rotatable bonds is 65. The second-order valence-electron chi connectivity index (χ2n) is 23.8. The Hall–Kier alpha value is -2.63. The van der Waals surface area contributed by atoms with Gasteiger partial charge < -0.3 is 14.2 Å². The maximum atomic E-state index is 12.9. The molecule has 0 bridgehead atoms. The van der Waals surface area contributed by atoms with Crippen molar-refractivity contribution in [1.29, 1.82) is 0 Å². The van der Waals surface area contributed by atoms with Crippen LogP contribution in [0.4, 0.5) is 0 Å². The highest BCUT2D eigenvalue weighted by atomic mass is 16.6. The topological polar surface area (TPSA) is 78.9 Å². The summed E-state index contributed by atoms with van der Waals surface area (Å²) >= 11 is 0. The monoisotopic (exact) mass is 1110 g/mol. The number of carbonyl (C=O) groups is 3. The molecule has 0 spiro atoms. The minimum Gasteiger partial charge on any atom is -0.462 e. The Morgan fingerprint density at radius 3 is 0.696 bits per heavy atom. The molecule has 0 aromatic heterocycles. The number of hydrogen-bond acceptors (Lipinski definition) is 6. The summed E-state index contributed by atoms with van der Waals surface area (Å²) in [5.74, 6) is -0.850. The molecule has 0 heterocycles. The van der Waals surface area contributed by atoms with E-state index in [2.05, 4.69) is 69.4 Å². The normalized spacial score (nSPS) is 12.3. The number of hydrogen-bond donors (Lipinski definition) is 0. The fourth-order valence-electron chi connectivity index (χ4n) is 10.5. The van der Waals surface area contributed by atoms with Crippen molar-refractivity contribution < 1.29 is 28.6 Å². The minimum absolute atomic E-state index is 0.0698. The van der Waals surface area contributed by atoms with Crippen molar-refractivity contribution >= 4 is 17.9 Å². The Balaban J connectivity index is 4.17. The van der Waals surface area contributed by atoms with E-state index in [1.54, 1.807) is 0 Å². The van der Waals surface area contributed by atoms with Crippen molar-refractivity contribution in [1.82, 2.24) is 0 Å². The predicted octanol–water partition coefficient (Wildman–Crippen LogP) is 24.1. The van der Waals surface area contributed by atoms with Gasteiger partial charge in [0.2, 0.25) is 0 Å². The lowest BCUT2D eigenvalue weighted by Crippen LogP contribution is -2.30. The molecule has 0 N–H and O–H groups in total. The highest BCUT2D eigenvalue weighted by Gasteiger charge is 2.19. The summed E-state index contributed by atoms with van der Waals surface area (Å²) in [4.78, 5) is 38.3. The van der Waals surface area contributed by atoms with Crippen molar-refractivity contribution in [3.8, 4) is 0 Å². The first kappa shape index (κ1) is 76.4. The molecule has 79 heavy (non-hydrogen) atoms. The first-order valence-corrected chi connectivity index (χ1v) is 35.1. The van der Waals surface area contributed by atoms with E-state index in [1.807, 2.05) is 0 Å². The van der Waals surface area contributed by atoms with Crippen molar-refractivity contribution in [2.24, 2.45) is 0 Å². The van der Waals surface area contributed by atoms with Crippen LogP contribution in [-0.4, -0.2) is 37.2 Å². The van der Waals surface area contributed by atoms with Gasteiger partial charge in [0, 0.05) is 19.3 Å². The highest BCUT2D eigenvalue weighted by Crippen LogP contribution is 2.18. The summed E-state index contributed by atoms with van der Waals surface area (Å²) < 4.78 is 17.0. The van der Waals surface area contributed by atoms with Crippen LogP contribution in [0.15, 0.2) is 48.6 Å². The van der Waals surface area contributed by atoms with Gasteiger partial charge in [-0.05, 0) is 83.5 Å². The van der Waals surface area contributed by atoms with Gasteiger partial charge in [-0.1, -0.05) is 326 Å². The number of ether oxygens (including phenoxy) is 3. The second-order valence-corrected chi connectivity index (χ2v) is 23.8. The van der Waals surface area contributed by atoms with Crippen LogP contribution >= 0.6 is 0 Å². The molecular weight excluding hydrogens is 973 g/mol. The average Bonchev–Trinajstić information content (AvgIpc) is 3.45. The van der Waals surface area contributed by atoms with Crippen LogP contribution in [0.5, 0.6) is 0 Å². The Morgan fingerprint density at radius 1 is 0.253 bits per heavy atom. The highest BCUT2D eigenvalue weighted by molar-refractivity contribution is 5.71. The quantitative estimate of drug-likeness (QED) is 0.0261. The van der Waals surface area contributed by atoms with Crippen LogP contribution in [0.2, 0.25) is 0 Å². The van der Waals surface area contributed by atoms with Gasteiger partial charge in [-0.2, -0.15) is 0 Å². The maximum Gasteiger partial charge on any atom is 0.306 e. The zero-order valence-electron chi connectivity index (χ0n) is 53.2. The molecule has 0 fully saturated rings. The smallest absolute Gasteiger partial charge is 0.306 e. The zero-order chi connectivity index (χ0) is 57.1. The third kappa shape index (κ3) is 66.1. The summed E-state index contributed by atoms with van der Waals surface area (Å²) in [6, 6.07) is 0. The van der Waals surface area contributed by atoms with E-state index in [0.717, 1.165) is 70.6 Å². The number of carbonyl (C=O) groups excluding carboxylic acids is 3. The molecule has 1 unspecified atom stereocenters. The van der Waals surface area contributed by atoms with E-state index >= 15 is 0 Å². The fourth-order valence-corrected chi connectivity index (χ4v) is 10.5. The van der Waals surface area contributed by atoms with E-state index in [0.29, 0.717) is 19.3 Å². The third-order valence-corrected chi connectivity index (χ3v) is 15.8. The van der Waals surface area contributed by atoms with Crippen LogP contribution < -0.4 is 0 Å². The van der Waals surface area contributed by atoms with Gasteiger partial charge in [0.05, 0.1) is 0 Å². The van der Waals surface area contributed by atoms with Crippen LogP contribution in [0, 0.1) is 0 Å². The first-order valence-electron chi connectivity index (χ1n) is 35.1. The molecule has 0 aromatic carbocycles. The van der Waals surface area contributed by atoms with E-state index in [9.17, 15) is 14.4 Å². The average molecular weight is 1110 g/mol. The van der Waals surface area contributed by atoms with Crippen molar-refractivity contribution in [2.45, 2.75) is 386 Å². The second kappa shape index (κ2) is 67.9. The maximum absolute atomic E-state index is 12.9. The summed E-state index contributed by atoms with van der Waals surface area (Å²) in [7, 11) is 0. The van der Waals surface area contributed by atoms with Crippen molar-refractivity contribution in [3.05, 3.63) is 48.6 Å². The molecule has 1 atom stereocenters. The predicted molar refractivity (Wildman–Crippen MR) is 344 cm³/mol. The van der Waals surface area contributed by atoms with Gasteiger partial charge in [-0.15, -0.1) is 0 Å². The van der Waals surface area contributed by atoms with E-state index < -0.39 is 6.10 Å². The van der Waals surface area contributed by atoms with Gasteiger partial charge in [0.1, 0.15) is 13.2 Å². The Bertz CT molecular complexity index is 1360. The van der Waals surface area contributed by atoms with Gasteiger partial charge >= 0.3 is 17.9 Å². The van der Waals surface area contributed by atoms with Gasteiger partial charge in [0.25, 0.3) is 0 Å². The molecule has 0 amide bonds. The summed E-state index contributed by atoms with van der Waals surface area (Å²) in [5, 5.41) is 0. The van der Waals surface area contributed by atoms with Gasteiger partial charge in [0.15, 0.2) is 6.10 Å². The molecule has 0 saturated carbocycles. The lowest BCUT2D eigenvalue weighted by atomic mass is 10.0. The first-order chi connectivity index (χ1) is 39.0. The molecular formula is C73H134O6. The number of unbranched alkanes of at least 4 members (excludes halogenated alkanes) is 46. The molecule has 6 nitrogen and oxygen atoms in total. The largest absolute Gasteiger partial charge is 0.462 e. The van der Waals surface area contributed by atoms with Crippen molar-refractivity contribution in [3.63, 3.8) is 0 Å². The Kier molecular flexibility index (Phi) is 65.6. The number of esters is 3. The van der Waals surface area contributed by atoms with Crippen LogP contribution in [0.1, 0.15) is 380 Å². The summed E-state index contributed by atoms with van der Waals surface area (Å²) in [6.45, 7) is 6.67. The van der Waals surface area contributed by atoms with Crippen molar-refractivity contribution in [2.75, 3.05) is 13.2 Å². The minimum atomic E-state index is -0.773. The molecule has 0 rings (SSSR count). The van der Waals surface area contributed by atoms with Crippen LogP contribution in [-0.2, 0) is 28.6 Å². The lowest BCUT2D eigenvalue weighted by Gasteiger charge is -2.18. The van der Waals surface area contributed by atoms with Gasteiger partial charge in [-0.25, -0.2) is 0 Å². The SMILES string of the molecule is CCCCCCC/C=C\C/C=C\CCCCCCCCCCCCCCCCCCCC(=O)OCC(COC(=O)CCCCCCCCCCCCC)OC(=O)CCCCCCCCCCC/C=C\C/C=C\CCCCCCC. The molecule has 0 aliphatic carbocycles. The molecule has 6 heteroatoms. The van der Waals surface area contributed by atoms with E-state index in [4.69, 9.17) is 14.2 Å². The number of allylic oxidation sites excluding steroid dienone is 8. The van der Waals surface area contributed by atoms with Gasteiger partial charge in [-0.3, -0.25) is 14.4 Å². The Morgan fingerprint density at radius 2 is 0.456 bits per heavy atom. The van der Waals surface area contributed by atoms with E-state index in [1.165, 1.54) is 270 Å². The molecule has 0 radical (unpaired) electrons. The molecule has 0 aliphatic heterocycles. The summed E-state index contributed by atoms with van der Waals surface area (Å²) in [5.41, 5.74) is 0. The van der Waals surface area contributed by atoms with Crippen LogP contribution in [0.25, 0.3) is 0 Å². The fraction of sp³-hybridized carbons (Fsp3) is 0.849. The Labute approximate surface area is 492 Å². The molecule has 0 aliphatic rings. The third-order valence-electron chi connectivity index (χ3n) is 15.8. The molecule has 0 aromatic rings. The zero-order valence-corrected chi connectivity index (χ0v) is 53.2. The molecule has 462 valence electrons. The standard InChI is InChI=1S/C73H134O6/c1-4-7-10-13-16-19-22-24-26-28-30-32-33-34-35-36-37-38-39-41-42-44-46-48-51-54-57-60-63-66-72(75)78-69-70(68-77-71(74)65-62-59-56-53-50-21-18-15-12-9-6-3)79-73(76)67-64-61-58-55-52-49-47-45-43-40-31-29-27-25-23-20-17-14-11-8-5-2/h22-25,28-31,70H,4-21,26-27,32-69H2,1-3H3/b24-22-,25-23-,30-28-,31-29-.